The Kier molecular flexibility index (Phi) is 2.57. The van der Waals surface area contributed by atoms with Gasteiger partial charge in [-0.3, -0.25) is 4.98 Å². The van der Waals surface area contributed by atoms with Gasteiger partial charge < -0.3 is 9.88 Å². The first-order chi connectivity index (χ1) is 7.86. The van der Waals surface area contributed by atoms with Crippen LogP contribution in [0.15, 0.2) is 18.5 Å². The summed E-state index contributed by atoms with van der Waals surface area (Å²) in [6.07, 6.45) is 3.67. The maximum absolute atomic E-state index is 4.68. The molecule has 1 aliphatic heterocycles. The van der Waals surface area contributed by atoms with Crippen molar-refractivity contribution in [1.82, 2.24) is 19.9 Å². The summed E-state index contributed by atoms with van der Waals surface area (Å²) in [5, 5.41) is 3.51. The average molecular weight is 234 g/mol. The number of nitrogens with one attached hydrogen (secondary N) is 1. The van der Waals surface area contributed by atoms with Gasteiger partial charge in [0.1, 0.15) is 5.82 Å². The number of hydrogen-bond donors (Lipinski definition) is 1. The van der Waals surface area contributed by atoms with Crippen LogP contribution in [0.3, 0.4) is 0 Å². The second kappa shape index (κ2) is 4.07. The lowest BCUT2D eigenvalue weighted by Gasteiger charge is -2.22. The van der Waals surface area contributed by atoms with Gasteiger partial charge in [-0.1, -0.05) is 0 Å². The molecule has 84 valence electrons. The molecule has 0 amide bonds. The summed E-state index contributed by atoms with van der Waals surface area (Å²) in [5.74, 6) is 3.42. The number of pyridine rings is 1. The van der Waals surface area contributed by atoms with Gasteiger partial charge in [-0.15, -0.1) is 0 Å². The summed E-state index contributed by atoms with van der Waals surface area (Å²) in [6.45, 7) is 1.07. The summed E-state index contributed by atoms with van der Waals surface area (Å²) in [5.41, 5.74) is 2.14. The molecule has 1 fully saturated rings. The first-order valence-electron chi connectivity index (χ1n) is 5.44. The van der Waals surface area contributed by atoms with Crippen LogP contribution in [0.5, 0.6) is 0 Å². The quantitative estimate of drug-likeness (QED) is 0.808. The molecule has 0 saturated carbocycles. The number of aromatic nitrogens is 3. The van der Waals surface area contributed by atoms with Crippen molar-refractivity contribution in [3.63, 3.8) is 0 Å². The Morgan fingerprint density at radius 2 is 2.50 bits per heavy atom. The Hall–Kier alpha value is -1.07. The fourth-order valence-corrected chi connectivity index (χ4v) is 3.03. The van der Waals surface area contributed by atoms with Crippen LogP contribution in [-0.4, -0.2) is 32.6 Å². The first kappa shape index (κ1) is 10.1. The maximum Gasteiger partial charge on any atom is 0.127 e. The molecule has 1 aliphatic rings. The zero-order valence-electron chi connectivity index (χ0n) is 9.18. The number of hydrogen-bond acceptors (Lipinski definition) is 4. The SMILES string of the molecule is Cn1c(C2CSCCN2)nc2ccncc21. The van der Waals surface area contributed by atoms with Crippen LogP contribution in [0.2, 0.25) is 0 Å². The standard InChI is InChI=1S/C11H14N4S/c1-15-10-6-12-3-2-8(10)14-11(15)9-7-16-5-4-13-9/h2-3,6,9,13H,4-5,7H2,1H3. The summed E-state index contributed by atoms with van der Waals surface area (Å²) >= 11 is 1.99. The molecule has 4 nitrogen and oxygen atoms in total. The molecule has 0 spiro atoms. The van der Waals surface area contributed by atoms with E-state index < -0.39 is 0 Å². The van der Waals surface area contributed by atoms with E-state index in [1.54, 1.807) is 6.20 Å². The van der Waals surface area contributed by atoms with E-state index in [0.29, 0.717) is 6.04 Å². The molecule has 3 rings (SSSR count). The van der Waals surface area contributed by atoms with Crippen molar-refractivity contribution in [3.05, 3.63) is 24.3 Å². The van der Waals surface area contributed by atoms with Gasteiger partial charge in [0.15, 0.2) is 0 Å². The Bertz CT molecular complexity index is 502. The Morgan fingerprint density at radius 1 is 1.56 bits per heavy atom. The molecule has 1 atom stereocenters. The van der Waals surface area contributed by atoms with Gasteiger partial charge in [-0.05, 0) is 6.07 Å². The van der Waals surface area contributed by atoms with Gasteiger partial charge in [0.25, 0.3) is 0 Å². The lowest BCUT2D eigenvalue weighted by Crippen LogP contribution is -2.32. The first-order valence-corrected chi connectivity index (χ1v) is 6.59. The molecular weight excluding hydrogens is 220 g/mol. The highest BCUT2D eigenvalue weighted by molar-refractivity contribution is 7.99. The largest absolute Gasteiger partial charge is 0.329 e. The molecule has 16 heavy (non-hydrogen) atoms. The molecule has 0 aromatic carbocycles. The van der Waals surface area contributed by atoms with Gasteiger partial charge in [0, 0.05) is 31.3 Å². The Balaban J connectivity index is 2.05. The van der Waals surface area contributed by atoms with E-state index in [4.69, 9.17) is 0 Å². The molecule has 1 N–H and O–H groups in total. The third-order valence-corrected chi connectivity index (χ3v) is 4.01. The fourth-order valence-electron chi connectivity index (χ4n) is 2.10. The molecule has 1 saturated heterocycles. The normalized spacial score (nSPS) is 21.4. The highest BCUT2D eigenvalue weighted by atomic mass is 32.2. The van der Waals surface area contributed by atoms with Crippen molar-refractivity contribution in [2.24, 2.45) is 7.05 Å². The summed E-state index contributed by atoms with van der Waals surface area (Å²) < 4.78 is 2.14. The molecule has 0 radical (unpaired) electrons. The Morgan fingerprint density at radius 3 is 3.25 bits per heavy atom. The molecule has 0 bridgehead atoms. The molecule has 3 heterocycles. The third-order valence-electron chi connectivity index (χ3n) is 2.95. The fraction of sp³-hybridized carbons (Fsp3) is 0.455. The lowest BCUT2D eigenvalue weighted by molar-refractivity contribution is 0.549. The van der Waals surface area contributed by atoms with Crippen molar-refractivity contribution in [2.75, 3.05) is 18.1 Å². The van der Waals surface area contributed by atoms with Crippen LogP contribution in [0.25, 0.3) is 11.0 Å². The number of nitrogens with zero attached hydrogens (tertiary/aromatic N) is 3. The summed E-state index contributed by atoms with van der Waals surface area (Å²) in [7, 11) is 2.06. The van der Waals surface area contributed by atoms with E-state index >= 15 is 0 Å². The predicted octanol–water partition coefficient (Wildman–Crippen LogP) is 1.35. The smallest absolute Gasteiger partial charge is 0.127 e. The molecule has 0 aliphatic carbocycles. The average Bonchev–Trinajstić information content (AvgIpc) is 2.69. The van der Waals surface area contributed by atoms with Crippen molar-refractivity contribution >= 4 is 22.8 Å². The van der Waals surface area contributed by atoms with Crippen LogP contribution < -0.4 is 5.32 Å². The topological polar surface area (TPSA) is 42.7 Å². The molecule has 1 unspecified atom stereocenters. The molecule has 5 heteroatoms. The number of fused-ring (bicyclic) bond motifs is 1. The summed E-state index contributed by atoms with van der Waals surface area (Å²) in [4.78, 5) is 8.83. The van der Waals surface area contributed by atoms with Crippen LogP contribution in [0.4, 0.5) is 0 Å². The minimum Gasteiger partial charge on any atom is -0.329 e. The van der Waals surface area contributed by atoms with Gasteiger partial charge >= 0.3 is 0 Å². The van der Waals surface area contributed by atoms with Crippen LogP contribution in [0.1, 0.15) is 11.9 Å². The second-order valence-electron chi connectivity index (χ2n) is 3.98. The molecule has 2 aromatic rings. The van der Waals surface area contributed by atoms with Crippen molar-refractivity contribution < 1.29 is 0 Å². The van der Waals surface area contributed by atoms with Gasteiger partial charge in [0.2, 0.25) is 0 Å². The van der Waals surface area contributed by atoms with Gasteiger partial charge in [-0.2, -0.15) is 11.8 Å². The van der Waals surface area contributed by atoms with Crippen molar-refractivity contribution in [2.45, 2.75) is 6.04 Å². The summed E-state index contributed by atoms with van der Waals surface area (Å²) in [6, 6.07) is 2.34. The van der Waals surface area contributed by atoms with Crippen LogP contribution >= 0.6 is 11.8 Å². The second-order valence-corrected chi connectivity index (χ2v) is 5.12. The highest BCUT2D eigenvalue weighted by Crippen LogP contribution is 2.23. The van der Waals surface area contributed by atoms with E-state index in [1.165, 1.54) is 5.75 Å². The van der Waals surface area contributed by atoms with E-state index in [-0.39, 0.29) is 0 Å². The Labute approximate surface area is 98.5 Å². The maximum atomic E-state index is 4.68. The van der Waals surface area contributed by atoms with Crippen molar-refractivity contribution in [1.29, 1.82) is 0 Å². The lowest BCUT2D eigenvalue weighted by atomic mass is 10.3. The van der Waals surface area contributed by atoms with Crippen LogP contribution in [0, 0.1) is 0 Å². The monoisotopic (exact) mass is 234 g/mol. The van der Waals surface area contributed by atoms with Crippen LogP contribution in [-0.2, 0) is 7.05 Å². The highest BCUT2D eigenvalue weighted by Gasteiger charge is 2.20. The number of thioether (sulfide) groups is 1. The predicted molar refractivity (Wildman–Crippen MR) is 66.6 cm³/mol. The minimum atomic E-state index is 0.371. The molecular formula is C11H14N4S. The number of imidazole rings is 1. The van der Waals surface area contributed by atoms with E-state index in [9.17, 15) is 0 Å². The van der Waals surface area contributed by atoms with Crippen molar-refractivity contribution in [3.8, 4) is 0 Å². The third kappa shape index (κ3) is 1.60. The minimum absolute atomic E-state index is 0.371. The molecule has 2 aromatic heterocycles. The van der Waals surface area contributed by atoms with E-state index in [1.807, 2.05) is 24.0 Å². The van der Waals surface area contributed by atoms with Gasteiger partial charge in [0.05, 0.1) is 23.3 Å². The number of rotatable bonds is 1. The zero-order valence-corrected chi connectivity index (χ0v) is 10.00. The number of aryl methyl sites for hydroxylation is 1. The zero-order chi connectivity index (χ0) is 11.0. The van der Waals surface area contributed by atoms with Gasteiger partial charge in [-0.25, -0.2) is 4.98 Å². The van der Waals surface area contributed by atoms with E-state index in [0.717, 1.165) is 29.2 Å². The van der Waals surface area contributed by atoms with E-state index in [2.05, 4.69) is 26.9 Å².